The topological polar surface area (TPSA) is 271 Å². The molecular formula is C40H36N8O8. The van der Waals surface area contributed by atoms with E-state index < -0.39 is 102 Å². The Hall–Kier alpha value is -4.91. The summed E-state index contributed by atoms with van der Waals surface area (Å²) in [5.74, 6) is -3.87. The molecule has 12 aliphatic carbocycles. The number of aromatic nitrogens is 3. The van der Waals surface area contributed by atoms with E-state index in [9.17, 15) is 40.9 Å². The van der Waals surface area contributed by atoms with Crippen molar-refractivity contribution in [3.63, 3.8) is 0 Å². The van der Waals surface area contributed by atoms with E-state index >= 15 is 0 Å². The van der Waals surface area contributed by atoms with E-state index in [0.29, 0.717) is 83.9 Å². The summed E-state index contributed by atoms with van der Waals surface area (Å²) in [4.78, 5) is 35.9. The number of hydrogen-bond acceptors (Lipinski definition) is 13. The lowest BCUT2D eigenvalue weighted by molar-refractivity contribution is -0.0277. The quantitative estimate of drug-likeness (QED) is 0.112. The molecule has 0 aromatic carbocycles. The smallest absolute Gasteiger partial charge is 0.167 e. The van der Waals surface area contributed by atoms with Crippen molar-refractivity contribution in [2.75, 3.05) is 0 Å². The Bertz CT molecular complexity index is 2810. The standard InChI is InChI=1S/C40H36N8O8/c49-25-9-1-2-10(26(25)50)18-17(9)33-41-34(18)46-36-21-13-5-6-14(30(54)29(13)53)22(21)38(43-36)48-40-24-16-8-7-15(31(55)32(16)56)23(24)39(44-40)47-37-20-12-4-3-11(27(51)28(12)52)19(20)35(42-37)45-33/h1-16,25-33,44,49-56H,(H,42,45,47)(H,41,43,46,48). The molecule has 5 heterocycles. The summed E-state index contributed by atoms with van der Waals surface area (Å²) in [6.07, 6.45) is 5.21. The van der Waals surface area contributed by atoms with E-state index in [1.165, 1.54) is 0 Å². The van der Waals surface area contributed by atoms with E-state index in [-0.39, 0.29) is 0 Å². The Morgan fingerprint density at radius 2 is 0.714 bits per heavy atom. The maximum Gasteiger partial charge on any atom is 0.167 e. The second-order valence-corrected chi connectivity index (χ2v) is 16.8. The predicted octanol–water partition coefficient (Wildman–Crippen LogP) is -2.18. The second kappa shape index (κ2) is 10.5. The van der Waals surface area contributed by atoms with Crippen LogP contribution in [0.15, 0.2) is 84.7 Å². The Morgan fingerprint density at radius 1 is 0.357 bits per heavy atom. The van der Waals surface area contributed by atoms with Crippen LogP contribution >= 0.6 is 0 Å². The van der Waals surface area contributed by atoms with Crippen LogP contribution in [-0.4, -0.2) is 117 Å². The van der Waals surface area contributed by atoms with E-state index in [2.05, 4.69) is 15.0 Å². The van der Waals surface area contributed by atoms with Gasteiger partial charge in [0, 0.05) is 86.3 Å². The number of amidine groups is 1. The minimum atomic E-state index is -1.11. The summed E-state index contributed by atoms with van der Waals surface area (Å²) in [5, 5.41) is 90.1. The van der Waals surface area contributed by atoms with E-state index in [4.69, 9.17) is 25.0 Å². The van der Waals surface area contributed by atoms with E-state index in [0.717, 1.165) is 0 Å². The van der Waals surface area contributed by atoms with Crippen LogP contribution in [0.2, 0.25) is 0 Å². The minimum absolute atomic E-state index is 0.295. The Labute approximate surface area is 315 Å². The van der Waals surface area contributed by atoms with Crippen molar-refractivity contribution < 1.29 is 40.9 Å². The molecule has 0 amide bonds. The summed E-state index contributed by atoms with van der Waals surface area (Å²) in [5.41, 5.74) is 6.82. The second-order valence-electron chi connectivity index (χ2n) is 16.8. The first-order valence-electron chi connectivity index (χ1n) is 19.2. The van der Waals surface area contributed by atoms with Crippen molar-refractivity contribution in [3.8, 4) is 0 Å². The van der Waals surface area contributed by atoms with Gasteiger partial charge in [-0.15, -0.1) is 0 Å². The molecule has 16 nitrogen and oxygen atoms in total. The molecule has 0 saturated heterocycles. The van der Waals surface area contributed by atoms with Crippen molar-refractivity contribution in [2.24, 2.45) is 36.8 Å². The number of aliphatic hydroxyl groups excluding tert-OH is 8. The van der Waals surface area contributed by atoms with Gasteiger partial charge in [-0.1, -0.05) is 48.6 Å². The highest BCUT2D eigenvalue weighted by Gasteiger charge is 2.52. The average molecular weight is 757 g/mol. The zero-order valence-electron chi connectivity index (χ0n) is 29.2. The van der Waals surface area contributed by atoms with E-state index in [1.807, 2.05) is 48.6 Å². The molecule has 3 aromatic rings. The molecule has 11 N–H and O–H groups in total. The molecule has 0 radical (unpaired) electrons. The van der Waals surface area contributed by atoms with Crippen LogP contribution in [0.3, 0.4) is 0 Å². The number of aliphatic imine (C=N–C) groups is 1. The molecule has 56 heavy (non-hydrogen) atoms. The van der Waals surface area contributed by atoms with Crippen molar-refractivity contribution in [2.45, 2.75) is 90.5 Å². The van der Waals surface area contributed by atoms with Gasteiger partial charge in [-0.25, -0.2) is 25.0 Å². The van der Waals surface area contributed by atoms with Gasteiger partial charge in [0.25, 0.3) is 0 Å². The first-order chi connectivity index (χ1) is 27.1. The SMILES string of the molecule is OC1C2C=CC(C3=C2C2=NC3N=c3[nH]c(c4c3C3C=CC4C(O)C3O)=Nc3[nH]c(c4c3C3C=CC4C(O)C3O)N=c3[nH]c(c4c3C3C=CC4C(O)C3O)=N2)C1O. The Kier molecular flexibility index (Phi) is 6.05. The fourth-order valence-corrected chi connectivity index (χ4v) is 11.7. The molecular weight excluding hydrogens is 720 g/mol. The van der Waals surface area contributed by atoms with Crippen LogP contribution in [0, 0.1) is 11.8 Å². The van der Waals surface area contributed by atoms with Gasteiger partial charge in [0.1, 0.15) is 33.6 Å². The minimum Gasteiger partial charge on any atom is -0.389 e. The highest BCUT2D eigenvalue weighted by molar-refractivity contribution is 6.04. The Morgan fingerprint density at radius 3 is 1.21 bits per heavy atom. The molecule has 17 unspecified atom stereocenters. The van der Waals surface area contributed by atoms with Gasteiger partial charge in [-0.2, -0.15) is 0 Å². The zero-order valence-corrected chi connectivity index (χ0v) is 29.2. The molecule has 17 atom stereocenters. The third-order valence-electron chi connectivity index (χ3n) is 14.2. The van der Waals surface area contributed by atoms with Gasteiger partial charge in [0.2, 0.25) is 0 Å². The van der Waals surface area contributed by atoms with Crippen LogP contribution in [0.1, 0.15) is 68.9 Å². The van der Waals surface area contributed by atoms with Crippen LogP contribution in [-0.2, 0) is 0 Å². The number of nitrogens with zero attached hydrogens (tertiary/aromatic N) is 5. The lowest BCUT2D eigenvalue weighted by atomic mass is 9.68. The third kappa shape index (κ3) is 3.70. The fourth-order valence-electron chi connectivity index (χ4n) is 11.7. The van der Waals surface area contributed by atoms with Crippen LogP contribution in [0.25, 0.3) is 0 Å². The molecule has 284 valence electrons. The lowest BCUT2D eigenvalue weighted by Gasteiger charge is -2.41. The number of aliphatic hydroxyl groups is 8. The number of H-pyrrole nitrogens is 3. The van der Waals surface area contributed by atoms with E-state index in [1.54, 1.807) is 0 Å². The Balaban J connectivity index is 1.16. The predicted molar refractivity (Wildman–Crippen MR) is 193 cm³/mol. The maximum atomic E-state index is 11.3. The number of hydrogen-bond donors (Lipinski definition) is 11. The molecule has 0 fully saturated rings. The number of rotatable bonds is 0. The molecule has 17 rings (SSSR count). The van der Waals surface area contributed by atoms with Crippen molar-refractivity contribution >= 4 is 17.5 Å². The fraction of sp³-hybridized carbons (Fsp3) is 0.425. The monoisotopic (exact) mass is 756 g/mol. The maximum absolute atomic E-state index is 11.3. The molecule has 16 heteroatoms. The van der Waals surface area contributed by atoms with Crippen LogP contribution in [0.4, 0.5) is 11.6 Å². The molecule has 16 bridgehead atoms. The normalized spacial score (nSPS) is 43.1. The molecule has 14 aliphatic rings. The average Bonchev–Trinajstić information content (AvgIpc) is 3.96. The first kappa shape index (κ1) is 32.2. The zero-order chi connectivity index (χ0) is 37.8. The third-order valence-corrected chi connectivity index (χ3v) is 14.2. The van der Waals surface area contributed by atoms with Gasteiger partial charge < -0.3 is 55.8 Å². The number of fused-ring (bicyclic) bond motifs is 11. The molecule has 3 aromatic heterocycles. The largest absolute Gasteiger partial charge is 0.389 e. The van der Waals surface area contributed by atoms with Gasteiger partial charge in [0.15, 0.2) is 12.0 Å². The number of nitrogens with one attached hydrogen (secondary N) is 3. The highest BCUT2D eigenvalue weighted by Crippen LogP contribution is 2.53. The van der Waals surface area contributed by atoms with Gasteiger partial charge in [0.05, 0.1) is 48.8 Å². The van der Waals surface area contributed by atoms with Crippen molar-refractivity contribution in [1.29, 1.82) is 0 Å². The van der Waals surface area contributed by atoms with Crippen molar-refractivity contribution in [3.05, 3.63) is 115 Å². The van der Waals surface area contributed by atoms with Gasteiger partial charge >= 0.3 is 0 Å². The molecule has 0 spiro atoms. The highest BCUT2D eigenvalue weighted by atomic mass is 16.3. The summed E-state index contributed by atoms with van der Waals surface area (Å²) in [6.45, 7) is 0. The number of aromatic amines is 3. The van der Waals surface area contributed by atoms with Crippen LogP contribution < -0.4 is 22.0 Å². The van der Waals surface area contributed by atoms with Crippen molar-refractivity contribution in [1.82, 2.24) is 15.0 Å². The molecule has 0 saturated carbocycles. The van der Waals surface area contributed by atoms with Gasteiger partial charge in [-0.3, -0.25) is 0 Å². The molecule has 2 aliphatic heterocycles. The summed E-state index contributed by atoms with van der Waals surface area (Å²) in [6, 6.07) is 0. The first-order valence-corrected chi connectivity index (χ1v) is 19.2. The summed E-state index contributed by atoms with van der Waals surface area (Å²) < 4.78 is 0. The van der Waals surface area contributed by atoms with Gasteiger partial charge in [-0.05, 0) is 5.57 Å². The summed E-state index contributed by atoms with van der Waals surface area (Å²) in [7, 11) is 0. The lowest BCUT2D eigenvalue weighted by Crippen LogP contribution is -2.48. The van der Waals surface area contributed by atoms with Crippen LogP contribution in [0.5, 0.6) is 0 Å². The summed E-state index contributed by atoms with van der Waals surface area (Å²) >= 11 is 0.